The van der Waals surface area contributed by atoms with Crippen LogP contribution in [-0.2, 0) is 6.42 Å². The second kappa shape index (κ2) is 6.91. The molecule has 0 radical (unpaired) electrons. The second-order valence-electron chi connectivity index (χ2n) is 3.74. The first-order valence-corrected chi connectivity index (χ1v) is 5.99. The van der Waals surface area contributed by atoms with Crippen molar-refractivity contribution < 1.29 is 15.3 Å². The zero-order valence-electron chi connectivity index (χ0n) is 9.08. The fourth-order valence-corrected chi connectivity index (χ4v) is 1.79. The Morgan fingerprint density at radius 3 is 2.25 bits per heavy atom. The summed E-state index contributed by atoms with van der Waals surface area (Å²) in [5, 5.41) is 28.2. The third-order valence-electron chi connectivity index (χ3n) is 2.51. The van der Waals surface area contributed by atoms with E-state index in [1.165, 1.54) is 0 Å². The Labute approximate surface area is 101 Å². The molecule has 0 aliphatic carbocycles. The summed E-state index contributed by atoms with van der Waals surface area (Å²) in [7, 11) is 0. The van der Waals surface area contributed by atoms with Crippen LogP contribution in [0.25, 0.3) is 0 Å². The molecule has 0 fully saturated rings. The predicted octanol–water partition coefficient (Wildman–Crippen LogP) is 0.936. The van der Waals surface area contributed by atoms with Gasteiger partial charge in [-0.25, -0.2) is 0 Å². The number of benzene rings is 1. The molecule has 16 heavy (non-hydrogen) atoms. The molecule has 90 valence electrons. The summed E-state index contributed by atoms with van der Waals surface area (Å²) < 4.78 is 0. The molecule has 0 aromatic heterocycles. The zero-order valence-corrected chi connectivity index (χ0v) is 9.98. The van der Waals surface area contributed by atoms with E-state index in [4.69, 9.17) is 5.11 Å². The first kappa shape index (κ1) is 13.5. The first-order valence-electron chi connectivity index (χ1n) is 5.35. The fraction of sp³-hybridized carbons (Fsp3) is 0.500. The zero-order chi connectivity index (χ0) is 12.0. The molecule has 2 atom stereocenters. The van der Waals surface area contributed by atoms with Crippen LogP contribution in [0.3, 0.4) is 0 Å². The maximum Gasteiger partial charge on any atom is 0.105 e. The van der Waals surface area contributed by atoms with E-state index < -0.39 is 12.2 Å². The van der Waals surface area contributed by atoms with Gasteiger partial charge in [-0.3, -0.25) is 0 Å². The van der Waals surface area contributed by atoms with Gasteiger partial charge in [-0.1, -0.05) is 24.3 Å². The Kier molecular flexibility index (Phi) is 5.84. The number of thiol groups is 1. The van der Waals surface area contributed by atoms with E-state index in [-0.39, 0.29) is 6.61 Å². The van der Waals surface area contributed by atoms with Crippen molar-refractivity contribution in [1.82, 2.24) is 0 Å². The predicted molar refractivity (Wildman–Crippen MR) is 66.7 cm³/mol. The SMILES string of the molecule is OCCc1ccc(C(O)C(O)CCS)cc1. The molecule has 0 amide bonds. The van der Waals surface area contributed by atoms with Crippen molar-refractivity contribution >= 4 is 12.6 Å². The van der Waals surface area contributed by atoms with Crippen LogP contribution >= 0.6 is 12.6 Å². The second-order valence-corrected chi connectivity index (χ2v) is 4.19. The summed E-state index contributed by atoms with van der Waals surface area (Å²) >= 11 is 4.01. The molecular formula is C12H18O3S. The van der Waals surface area contributed by atoms with Gasteiger partial charge in [0.05, 0.1) is 6.10 Å². The maximum absolute atomic E-state index is 9.81. The number of aliphatic hydroxyl groups is 3. The third-order valence-corrected chi connectivity index (χ3v) is 2.77. The minimum atomic E-state index is -0.865. The number of hydrogen-bond donors (Lipinski definition) is 4. The van der Waals surface area contributed by atoms with Gasteiger partial charge >= 0.3 is 0 Å². The molecule has 0 heterocycles. The Hall–Kier alpha value is -0.550. The van der Waals surface area contributed by atoms with Gasteiger partial charge in [0.15, 0.2) is 0 Å². The molecule has 0 spiro atoms. The van der Waals surface area contributed by atoms with Crippen LogP contribution in [0.15, 0.2) is 24.3 Å². The summed E-state index contributed by atoms with van der Waals surface area (Å²) in [5.41, 5.74) is 1.71. The highest BCUT2D eigenvalue weighted by atomic mass is 32.1. The lowest BCUT2D eigenvalue weighted by molar-refractivity contribution is 0.0172. The molecule has 0 saturated carbocycles. The van der Waals surface area contributed by atoms with E-state index in [0.717, 1.165) is 5.56 Å². The highest BCUT2D eigenvalue weighted by Gasteiger charge is 2.17. The molecule has 3 N–H and O–H groups in total. The van der Waals surface area contributed by atoms with Crippen LogP contribution in [0.5, 0.6) is 0 Å². The first-order chi connectivity index (χ1) is 7.69. The van der Waals surface area contributed by atoms with Crippen molar-refractivity contribution in [2.24, 2.45) is 0 Å². The molecule has 4 heteroatoms. The van der Waals surface area contributed by atoms with Gasteiger partial charge in [0.25, 0.3) is 0 Å². The summed E-state index contributed by atoms with van der Waals surface area (Å²) in [6.07, 6.45) is -0.574. The molecule has 1 rings (SSSR count). The number of hydrogen-bond acceptors (Lipinski definition) is 4. The van der Waals surface area contributed by atoms with E-state index in [2.05, 4.69) is 12.6 Å². The molecule has 1 aromatic rings. The van der Waals surface area contributed by atoms with Gasteiger partial charge in [-0.15, -0.1) is 0 Å². The van der Waals surface area contributed by atoms with Gasteiger partial charge in [-0.2, -0.15) is 12.6 Å². The molecule has 3 nitrogen and oxygen atoms in total. The standard InChI is InChI=1S/C12H18O3S/c13-7-5-9-1-3-10(4-2-9)12(15)11(14)6-8-16/h1-4,11-16H,5-8H2. The molecular weight excluding hydrogens is 224 g/mol. The number of aliphatic hydroxyl groups excluding tert-OH is 3. The quantitative estimate of drug-likeness (QED) is 0.561. The average Bonchev–Trinajstić information content (AvgIpc) is 2.30. The molecule has 0 aliphatic heterocycles. The van der Waals surface area contributed by atoms with E-state index in [1.807, 2.05) is 12.1 Å². The smallest absolute Gasteiger partial charge is 0.105 e. The van der Waals surface area contributed by atoms with E-state index in [1.54, 1.807) is 12.1 Å². The largest absolute Gasteiger partial charge is 0.396 e. The van der Waals surface area contributed by atoms with E-state index >= 15 is 0 Å². The van der Waals surface area contributed by atoms with Crippen molar-refractivity contribution in [3.05, 3.63) is 35.4 Å². The fourth-order valence-electron chi connectivity index (χ4n) is 1.52. The highest BCUT2D eigenvalue weighted by Crippen LogP contribution is 2.19. The molecule has 1 aromatic carbocycles. The van der Waals surface area contributed by atoms with Gasteiger partial charge in [-0.05, 0) is 29.7 Å². The van der Waals surface area contributed by atoms with E-state index in [0.29, 0.717) is 24.2 Å². The van der Waals surface area contributed by atoms with Crippen molar-refractivity contribution in [2.45, 2.75) is 25.0 Å². The van der Waals surface area contributed by atoms with Gasteiger partial charge in [0.1, 0.15) is 6.10 Å². The minimum absolute atomic E-state index is 0.115. The van der Waals surface area contributed by atoms with Gasteiger partial charge in [0, 0.05) is 6.61 Å². The lowest BCUT2D eigenvalue weighted by atomic mass is 10.0. The molecule has 0 bridgehead atoms. The third kappa shape index (κ3) is 3.79. The monoisotopic (exact) mass is 242 g/mol. The molecule has 0 aliphatic rings. The average molecular weight is 242 g/mol. The van der Waals surface area contributed by atoms with Crippen LogP contribution in [0, 0.1) is 0 Å². The van der Waals surface area contributed by atoms with Crippen LogP contribution in [0.2, 0.25) is 0 Å². The van der Waals surface area contributed by atoms with Crippen molar-refractivity contribution in [3.63, 3.8) is 0 Å². The lowest BCUT2D eigenvalue weighted by Crippen LogP contribution is -2.18. The Morgan fingerprint density at radius 2 is 1.75 bits per heavy atom. The highest BCUT2D eigenvalue weighted by molar-refractivity contribution is 7.80. The molecule has 2 unspecified atom stereocenters. The Balaban J connectivity index is 2.65. The van der Waals surface area contributed by atoms with Gasteiger partial charge < -0.3 is 15.3 Å². The van der Waals surface area contributed by atoms with E-state index in [9.17, 15) is 10.2 Å². The lowest BCUT2D eigenvalue weighted by Gasteiger charge is -2.17. The van der Waals surface area contributed by atoms with Crippen molar-refractivity contribution in [3.8, 4) is 0 Å². The summed E-state index contributed by atoms with van der Waals surface area (Å²) in [4.78, 5) is 0. The van der Waals surface area contributed by atoms with Crippen molar-refractivity contribution in [1.29, 1.82) is 0 Å². The Bertz CT molecular complexity index is 300. The normalized spacial score (nSPS) is 14.8. The van der Waals surface area contributed by atoms with Crippen LogP contribution < -0.4 is 0 Å². The van der Waals surface area contributed by atoms with Crippen molar-refractivity contribution in [2.75, 3.05) is 12.4 Å². The van der Waals surface area contributed by atoms with Crippen LogP contribution in [0.1, 0.15) is 23.7 Å². The molecule has 0 saturated heterocycles. The number of rotatable bonds is 6. The summed E-state index contributed by atoms with van der Waals surface area (Å²) in [6, 6.07) is 7.25. The Morgan fingerprint density at radius 1 is 1.12 bits per heavy atom. The van der Waals surface area contributed by atoms with Gasteiger partial charge in [0.2, 0.25) is 0 Å². The van der Waals surface area contributed by atoms with Crippen LogP contribution in [0.4, 0.5) is 0 Å². The van der Waals surface area contributed by atoms with Crippen LogP contribution in [-0.4, -0.2) is 33.8 Å². The minimum Gasteiger partial charge on any atom is -0.396 e. The topological polar surface area (TPSA) is 60.7 Å². The summed E-state index contributed by atoms with van der Waals surface area (Å²) in [6.45, 7) is 0.115. The maximum atomic E-state index is 9.81. The summed E-state index contributed by atoms with van der Waals surface area (Å²) in [5.74, 6) is 0.542.